The maximum Gasteiger partial charge on any atom is 0.246 e. The molecule has 1 aromatic carbocycles. The molecule has 0 aliphatic carbocycles. The molecule has 0 bridgehead atoms. The number of hydrogen-bond donors (Lipinski definition) is 3. The SMILES string of the molecule is CN=C(NCCCN1CCCCC1C)NCc1cccc(NC(=O)Cn2cccn2)c1. The summed E-state index contributed by atoms with van der Waals surface area (Å²) in [5, 5.41) is 13.7. The Morgan fingerprint density at radius 2 is 2.16 bits per heavy atom. The Kier molecular flexibility index (Phi) is 8.90. The third kappa shape index (κ3) is 7.71. The first-order valence-corrected chi connectivity index (χ1v) is 11.2. The number of aliphatic imine (C=N–C) groups is 1. The van der Waals surface area contributed by atoms with Gasteiger partial charge in [0.05, 0.1) is 0 Å². The molecule has 8 nitrogen and oxygen atoms in total. The van der Waals surface area contributed by atoms with Crippen molar-refractivity contribution in [1.29, 1.82) is 0 Å². The summed E-state index contributed by atoms with van der Waals surface area (Å²) in [5.41, 5.74) is 1.84. The first-order chi connectivity index (χ1) is 15.1. The molecule has 1 fully saturated rings. The van der Waals surface area contributed by atoms with E-state index in [1.807, 2.05) is 24.3 Å². The number of amides is 1. The molecule has 168 valence electrons. The number of hydrogen-bond acceptors (Lipinski definition) is 4. The van der Waals surface area contributed by atoms with E-state index in [1.54, 1.807) is 30.2 Å². The van der Waals surface area contributed by atoms with Crippen LogP contribution in [0.2, 0.25) is 0 Å². The van der Waals surface area contributed by atoms with Crippen LogP contribution in [0.1, 0.15) is 38.2 Å². The van der Waals surface area contributed by atoms with E-state index in [-0.39, 0.29) is 12.5 Å². The summed E-state index contributed by atoms with van der Waals surface area (Å²) in [6.07, 6.45) is 8.54. The van der Waals surface area contributed by atoms with Gasteiger partial charge < -0.3 is 20.9 Å². The smallest absolute Gasteiger partial charge is 0.246 e. The van der Waals surface area contributed by atoms with Crippen LogP contribution in [0.25, 0.3) is 0 Å². The standard InChI is InChI=1S/C23H35N7O/c1-19-8-3-4-13-29(19)14-6-11-25-23(24-2)26-17-20-9-5-10-21(16-20)28-22(31)18-30-15-7-12-27-30/h5,7,9-10,12,15-16,19H,3-4,6,8,11,13-14,17-18H2,1-2H3,(H,28,31)(H2,24,25,26). The summed E-state index contributed by atoms with van der Waals surface area (Å²) in [5.74, 6) is 0.689. The lowest BCUT2D eigenvalue weighted by Gasteiger charge is -2.33. The molecule has 0 radical (unpaired) electrons. The van der Waals surface area contributed by atoms with Crippen molar-refractivity contribution in [3.05, 3.63) is 48.3 Å². The van der Waals surface area contributed by atoms with Crippen LogP contribution in [0.3, 0.4) is 0 Å². The fourth-order valence-corrected chi connectivity index (χ4v) is 3.89. The predicted molar refractivity (Wildman–Crippen MR) is 125 cm³/mol. The van der Waals surface area contributed by atoms with Gasteiger partial charge in [-0.1, -0.05) is 18.6 Å². The average Bonchev–Trinajstić information content (AvgIpc) is 3.27. The van der Waals surface area contributed by atoms with Crippen molar-refractivity contribution >= 4 is 17.6 Å². The summed E-state index contributed by atoms with van der Waals surface area (Å²) in [6, 6.07) is 10.3. The van der Waals surface area contributed by atoms with Gasteiger partial charge in [-0.2, -0.15) is 5.10 Å². The van der Waals surface area contributed by atoms with E-state index in [9.17, 15) is 4.79 Å². The van der Waals surface area contributed by atoms with Crippen molar-refractivity contribution in [2.75, 3.05) is 32.0 Å². The van der Waals surface area contributed by atoms with Crippen molar-refractivity contribution < 1.29 is 4.79 Å². The van der Waals surface area contributed by atoms with Crippen LogP contribution in [0.4, 0.5) is 5.69 Å². The number of carbonyl (C=O) groups is 1. The second-order valence-corrected chi connectivity index (χ2v) is 8.04. The number of anilines is 1. The molecule has 1 aliphatic heterocycles. The normalized spacial score (nSPS) is 17.4. The molecule has 2 aromatic rings. The van der Waals surface area contributed by atoms with Gasteiger partial charge >= 0.3 is 0 Å². The minimum Gasteiger partial charge on any atom is -0.356 e. The molecule has 2 heterocycles. The van der Waals surface area contributed by atoms with E-state index in [1.165, 1.54) is 25.8 Å². The van der Waals surface area contributed by atoms with E-state index in [2.05, 4.69) is 37.9 Å². The van der Waals surface area contributed by atoms with Crippen molar-refractivity contribution in [2.45, 2.75) is 51.7 Å². The van der Waals surface area contributed by atoms with Crippen LogP contribution in [-0.2, 0) is 17.9 Å². The van der Waals surface area contributed by atoms with Crippen LogP contribution in [0, 0.1) is 0 Å². The highest BCUT2D eigenvalue weighted by Gasteiger charge is 2.17. The maximum absolute atomic E-state index is 12.2. The van der Waals surface area contributed by atoms with Gasteiger partial charge in [0.2, 0.25) is 5.91 Å². The Labute approximate surface area is 185 Å². The third-order valence-electron chi connectivity index (χ3n) is 5.61. The molecule has 0 saturated carbocycles. The Balaban J connectivity index is 1.38. The topological polar surface area (TPSA) is 86.6 Å². The molecule has 1 aliphatic rings. The lowest BCUT2D eigenvalue weighted by molar-refractivity contribution is -0.116. The number of piperidine rings is 1. The fraction of sp³-hybridized carbons (Fsp3) is 0.522. The Bertz CT molecular complexity index is 834. The minimum atomic E-state index is -0.102. The predicted octanol–water partition coefficient (Wildman–Crippen LogP) is 2.45. The van der Waals surface area contributed by atoms with Crippen LogP contribution >= 0.6 is 0 Å². The zero-order chi connectivity index (χ0) is 21.9. The fourth-order valence-electron chi connectivity index (χ4n) is 3.89. The van der Waals surface area contributed by atoms with E-state index < -0.39 is 0 Å². The quantitative estimate of drug-likeness (QED) is 0.326. The van der Waals surface area contributed by atoms with Gasteiger partial charge in [0.1, 0.15) is 6.54 Å². The van der Waals surface area contributed by atoms with Gasteiger partial charge in [0.25, 0.3) is 0 Å². The second kappa shape index (κ2) is 12.1. The molecule has 0 spiro atoms. The van der Waals surface area contributed by atoms with Gasteiger partial charge in [-0.05, 0) is 56.5 Å². The summed E-state index contributed by atoms with van der Waals surface area (Å²) in [4.78, 5) is 19.1. The van der Waals surface area contributed by atoms with Gasteiger partial charge in [0, 0.05) is 50.8 Å². The van der Waals surface area contributed by atoms with E-state index in [4.69, 9.17) is 0 Å². The van der Waals surface area contributed by atoms with Crippen molar-refractivity contribution in [3.8, 4) is 0 Å². The van der Waals surface area contributed by atoms with Gasteiger partial charge in [-0.3, -0.25) is 14.5 Å². The first kappa shape index (κ1) is 22.8. The second-order valence-electron chi connectivity index (χ2n) is 8.04. The largest absolute Gasteiger partial charge is 0.356 e. The highest BCUT2D eigenvalue weighted by molar-refractivity contribution is 5.90. The summed E-state index contributed by atoms with van der Waals surface area (Å²) >= 11 is 0. The molecule has 1 amide bonds. The molecule has 1 aromatic heterocycles. The van der Waals surface area contributed by atoms with Crippen LogP contribution < -0.4 is 16.0 Å². The van der Waals surface area contributed by atoms with Crippen LogP contribution in [0.15, 0.2) is 47.7 Å². The highest BCUT2D eigenvalue weighted by Crippen LogP contribution is 2.16. The van der Waals surface area contributed by atoms with Gasteiger partial charge in [-0.15, -0.1) is 0 Å². The zero-order valence-corrected chi connectivity index (χ0v) is 18.7. The number of likely N-dealkylation sites (tertiary alicyclic amines) is 1. The number of rotatable bonds is 9. The van der Waals surface area contributed by atoms with E-state index in [0.29, 0.717) is 12.6 Å². The van der Waals surface area contributed by atoms with Gasteiger partial charge in [-0.25, -0.2) is 0 Å². The van der Waals surface area contributed by atoms with Crippen LogP contribution in [0.5, 0.6) is 0 Å². The maximum atomic E-state index is 12.2. The number of guanidine groups is 1. The Morgan fingerprint density at radius 3 is 2.94 bits per heavy atom. The summed E-state index contributed by atoms with van der Waals surface area (Å²) < 4.78 is 1.60. The molecule has 3 rings (SSSR count). The summed E-state index contributed by atoms with van der Waals surface area (Å²) in [6.45, 7) is 6.41. The van der Waals surface area contributed by atoms with E-state index >= 15 is 0 Å². The Hall–Kier alpha value is -2.87. The number of carbonyl (C=O) groups excluding carboxylic acids is 1. The average molecular weight is 426 g/mol. The monoisotopic (exact) mass is 425 g/mol. The molecule has 1 atom stereocenters. The van der Waals surface area contributed by atoms with E-state index in [0.717, 1.165) is 36.7 Å². The molecule has 1 unspecified atom stereocenters. The number of aromatic nitrogens is 2. The highest BCUT2D eigenvalue weighted by atomic mass is 16.2. The van der Waals surface area contributed by atoms with Crippen molar-refractivity contribution in [3.63, 3.8) is 0 Å². The zero-order valence-electron chi connectivity index (χ0n) is 18.7. The minimum absolute atomic E-state index is 0.102. The summed E-state index contributed by atoms with van der Waals surface area (Å²) in [7, 11) is 1.79. The number of nitrogens with zero attached hydrogens (tertiary/aromatic N) is 4. The lowest BCUT2D eigenvalue weighted by Crippen LogP contribution is -2.41. The molecular weight excluding hydrogens is 390 g/mol. The molecule has 8 heteroatoms. The molecular formula is C23H35N7O. The number of nitrogens with one attached hydrogen (secondary N) is 3. The lowest BCUT2D eigenvalue weighted by atomic mass is 10.0. The molecule has 1 saturated heterocycles. The van der Waals surface area contributed by atoms with Crippen molar-refractivity contribution in [2.24, 2.45) is 4.99 Å². The molecule has 31 heavy (non-hydrogen) atoms. The van der Waals surface area contributed by atoms with Crippen molar-refractivity contribution in [1.82, 2.24) is 25.3 Å². The third-order valence-corrected chi connectivity index (χ3v) is 5.61. The molecule has 3 N–H and O–H groups in total. The van der Waals surface area contributed by atoms with Gasteiger partial charge in [0.15, 0.2) is 5.96 Å². The number of benzene rings is 1. The van der Waals surface area contributed by atoms with Crippen LogP contribution in [-0.4, -0.2) is 59.3 Å². The Morgan fingerprint density at radius 1 is 1.26 bits per heavy atom. The first-order valence-electron chi connectivity index (χ1n) is 11.2.